The quantitative estimate of drug-likeness (QED) is 0.391. The highest BCUT2D eigenvalue weighted by molar-refractivity contribution is 6.07. The third-order valence-electron chi connectivity index (χ3n) is 8.46. The molecule has 0 spiro atoms. The SMILES string of the molecule is CC(C)(C)c1ccc(C(=O)Nc2cc(C(=O)NC3CCC(N)CC3)ccc2N2CCN(C(=O)c3ccncc3)CC2)cc1. The largest absolute Gasteiger partial charge is 0.366 e. The first-order valence-electron chi connectivity index (χ1n) is 15.1. The lowest BCUT2D eigenvalue weighted by atomic mass is 9.86. The number of pyridine rings is 1. The highest BCUT2D eigenvalue weighted by Gasteiger charge is 2.26. The lowest BCUT2D eigenvalue weighted by Gasteiger charge is -2.37. The number of carbonyl (C=O) groups is 3. The molecule has 1 aliphatic heterocycles. The van der Waals surface area contributed by atoms with Crippen LogP contribution < -0.4 is 21.3 Å². The summed E-state index contributed by atoms with van der Waals surface area (Å²) in [6.45, 7) is 8.66. The minimum Gasteiger partial charge on any atom is -0.366 e. The van der Waals surface area contributed by atoms with Crippen molar-refractivity contribution in [1.82, 2.24) is 15.2 Å². The van der Waals surface area contributed by atoms with Crippen LogP contribution in [0.3, 0.4) is 0 Å². The molecule has 5 rings (SSSR count). The molecule has 1 aromatic heterocycles. The van der Waals surface area contributed by atoms with E-state index in [0.717, 1.165) is 36.9 Å². The summed E-state index contributed by atoms with van der Waals surface area (Å²) in [6, 6.07) is 16.8. The molecule has 0 bridgehead atoms. The van der Waals surface area contributed by atoms with E-state index < -0.39 is 0 Å². The molecular weight excluding hydrogens is 540 g/mol. The Balaban J connectivity index is 1.35. The minimum atomic E-state index is -0.243. The first kappa shape index (κ1) is 30.2. The summed E-state index contributed by atoms with van der Waals surface area (Å²) in [7, 11) is 0. The van der Waals surface area contributed by atoms with Gasteiger partial charge in [-0.15, -0.1) is 0 Å². The zero-order valence-electron chi connectivity index (χ0n) is 25.3. The molecular formula is C34H42N6O3. The van der Waals surface area contributed by atoms with Crippen LogP contribution in [0.25, 0.3) is 0 Å². The highest BCUT2D eigenvalue weighted by atomic mass is 16.2. The van der Waals surface area contributed by atoms with Crippen LogP contribution in [0, 0.1) is 0 Å². The normalized spacial score (nSPS) is 19.1. The molecule has 1 saturated heterocycles. The van der Waals surface area contributed by atoms with Crippen LogP contribution in [-0.4, -0.2) is 65.9 Å². The number of amides is 3. The molecule has 1 aliphatic carbocycles. The van der Waals surface area contributed by atoms with E-state index in [1.54, 1.807) is 30.6 Å². The van der Waals surface area contributed by atoms with Crippen molar-refractivity contribution in [3.63, 3.8) is 0 Å². The molecule has 3 aromatic rings. The number of nitrogens with zero attached hydrogens (tertiary/aromatic N) is 3. The Morgan fingerprint density at radius 1 is 0.791 bits per heavy atom. The topological polar surface area (TPSA) is 121 Å². The lowest BCUT2D eigenvalue weighted by Crippen LogP contribution is -2.49. The van der Waals surface area contributed by atoms with E-state index in [2.05, 4.69) is 41.3 Å². The van der Waals surface area contributed by atoms with Crippen molar-refractivity contribution >= 4 is 29.1 Å². The van der Waals surface area contributed by atoms with E-state index in [0.29, 0.717) is 48.6 Å². The van der Waals surface area contributed by atoms with Gasteiger partial charge in [0, 0.05) is 67.3 Å². The van der Waals surface area contributed by atoms with Crippen molar-refractivity contribution in [2.75, 3.05) is 36.4 Å². The summed E-state index contributed by atoms with van der Waals surface area (Å²) >= 11 is 0. The van der Waals surface area contributed by atoms with Crippen LogP contribution in [0.4, 0.5) is 11.4 Å². The van der Waals surface area contributed by atoms with Crippen molar-refractivity contribution < 1.29 is 14.4 Å². The highest BCUT2D eigenvalue weighted by Crippen LogP contribution is 2.30. The van der Waals surface area contributed by atoms with Crippen LogP contribution in [0.1, 0.15) is 83.1 Å². The maximum Gasteiger partial charge on any atom is 0.255 e. The predicted molar refractivity (Wildman–Crippen MR) is 170 cm³/mol. The third-order valence-corrected chi connectivity index (χ3v) is 8.46. The molecule has 4 N–H and O–H groups in total. The van der Waals surface area contributed by atoms with Crippen molar-refractivity contribution in [2.24, 2.45) is 5.73 Å². The molecule has 226 valence electrons. The average Bonchev–Trinajstić information content (AvgIpc) is 3.02. The van der Waals surface area contributed by atoms with Gasteiger partial charge >= 0.3 is 0 Å². The second-order valence-corrected chi connectivity index (χ2v) is 12.6. The summed E-state index contributed by atoms with van der Waals surface area (Å²) in [5.74, 6) is -0.429. The number of nitrogens with two attached hydrogens (primary N) is 1. The Hall–Kier alpha value is -4.24. The second-order valence-electron chi connectivity index (χ2n) is 12.6. The summed E-state index contributed by atoms with van der Waals surface area (Å²) in [5.41, 5.74) is 10.2. The Morgan fingerprint density at radius 2 is 1.42 bits per heavy atom. The molecule has 2 aliphatic rings. The van der Waals surface area contributed by atoms with Crippen LogP contribution in [-0.2, 0) is 5.41 Å². The van der Waals surface area contributed by atoms with Gasteiger partial charge in [-0.2, -0.15) is 0 Å². The molecule has 9 nitrogen and oxygen atoms in total. The number of anilines is 2. The van der Waals surface area contributed by atoms with Gasteiger partial charge in [0.1, 0.15) is 0 Å². The van der Waals surface area contributed by atoms with Gasteiger partial charge in [0.15, 0.2) is 0 Å². The number of carbonyl (C=O) groups excluding carboxylic acids is 3. The molecule has 2 fully saturated rings. The summed E-state index contributed by atoms with van der Waals surface area (Å²) in [6.07, 6.45) is 6.76. The van der Waals surface area contributed by atoms with Crippen LogP contribution in [0.15, 0.2) is 67.0 Å². The maximum atomic E-state index is 13.4. The zero-order chi connectivity index (χ0) is 30.6. The van der Waals surface area contributed by atoms with E-state index in [1.165, 1.54) is 0 Å². The zero-order valence-corrected chi connectivity index (χ0v) is 25.3. The number of benzene rings is 2. The summed E-state index contributed by atoms with van der Waals surface area (Å²) in [5, 5.41) is 6.23. The van der Waals surface area contributed by atoms with E-state index in [-0.39, 0.29) is 35.2 Å². The van der Waals surface area contributed by atoms with Crippen LogP contribution in [0.5, 0.6) is 0 Å². The van der Waals surface area contributed by atoms with Gasteiger partial charge in [-0.05, 0) is 79.1 Å². The minimum absolute atomic E-state index is 0.0196. The van der Waals surface area contributed by atoms with E-state index in [9.17, 15) is 14.4 Å². The Bertz CT molecular complexity index is 1440. The van der Waals surface area contributed by atoms with Gasteiger partial charge < -0.3 is 26.2 Å². The molecule has 2 heterocycles. The Kier molecular flexibility index (Phi) is 9.11. The molecule has 0 unspecified atom stereocenters. The molecule has 0 radical (unpaired) electrons. The average molecular weight is 583 g/mol. The first-order valence-corrected chi connectivity index (χ1v) is 15.1. The molecule has 1 saturated carbocycles. The molecule has 9 heteroatoms. The smallest absolute Gasteiger partial charge is 0.255 e. The fourth-order valence-corrected chi connectivity index (χ4v) is 5.73. The van der Waals surface area contributed by atoms with Crippen molar-refractivity contribution in [2.45, 2.75) is 64.0 Å². The van der Waals surface area contributed by atoms with Crippen molar-refractivity contribution in [3.05, 3.63) is 89.2 Å². The van der Waals surface area contributed by atoms with E-state index in [1.807, 2.05) is 41.3 Å². The molecule has 3 amide bonds. The van der Waals surface area contributed by atoms with Gasteiger partial charge in [0.25, 0.3) is 17.7 Å². The summed E-state index contributed by atoms with van der Waals surface area (Å²) in [4.78, 5) is 47.7. The molecule has 2 aromatic carbocycles. The second kappa shape index (κ2) is 13.0. The van der Waals surface area contributed by atoms with Crippen molar-refractivity contribution in [1.29, 1.82) is 0 Å². The van der Waals surface area contributed by atoms with Gasteiger partial charge in [0.2, 0.25) is 0 Å². The molecule has 0 atom stereocenters. The maximum absolute atomic E-state index is 13.4. The Labute approximate surface area is 253 Å². The summed E-state index contributed by atoms with van der Waals surface area (Å²) < 4.78 is 0. The van der Waals surface area contributed by atoms with Crippen LogP contribution >= 0.6 is 0 Å². The number of rotatable bonds is 6. The van der Waals surface area contributed by atoms with Gasteiger partial charge in [0.05, 0.1) is 11.4 Å². The van der Waals surface area contributed by atoms with Crippen LogP contribution in [0.2, 0.25) is 0 Å². The van der Waals surface area contributed by atoms with Gasteiger partial charge in [-0.25, -0.2) is 0 Å². The predicted octanol–water partition coefficient (Wildman–Crippen LogP) is 4.59. The third kappa shape index (κ3) is 7.40. The van der Waals surface area contributed by atoms with E-state index >= 15 is 0 Å². The number of piperazine rings is 1. The Morgan fingerprint density at radius 3 is 2.05 bits per heavy atom. The van der Waals surface area contributed by atoms with Crippen molar-refractivity contribution in [3.8, 4) is 0 Å². The lowest BCUT2D eigenvalue weighted by molar-refractivity contribution is 0.0746. The van der Waals surface area contributed by atoms with Gasteiger partial charge in [-0.1, -0.05) is 32.9 Å². The van der Waals surface area contributed by atoms with E-state index in [4.69, 9.17) is 5.73 Å². The monoisotopic (exact) mass is 582 g/mol. The number of hydrogen-bond acceptors (Lipinski definition) is 6. The van der Waals surface area contributed by atoms with Gasteiger partial charge in [-0.3, -0.25) is 19.4 Å². The fourth-order valence-electron chi connectivity index (χ4n) is 5.73. The standard InChI is InChI=1S/C34H42N6O3/c1-34(2,3)26-7-4-23(5-8-26)31(41)38-29-22-25(32(42)37-28-11-9-27(35)10-12-28)6-13-30(29)39-18-20-40(21-19-39)33(43)24-14-16-36-17-15-24/h4-8,13-17,22,27-28H,9-12,18-21,35H2,1-3H3,(H,37,42)(H,38,41). The first-order chi connectivity index (χ1) is 20.6. The fraction of sp³-hybridized carbons (Fsp3) is 0.412. The number of aromatic nitrogens is 1. The number of hydrogen-bond donors (Lipinski definition) is 3. The molecule has 43 heavy (non-hydrogen) atoms. The number of nitrogens with one attached hydrogen (secondary N) is 2.